The Morgan fingerprint density at radius 2 is 1.88 bits per heavy atom. The molecule has 0 aliphatic carbocycles. The molecule has 1 amide bonds. The van der Waals surface area contributed by atoms with Crippen molar-refractivity contribution in [2.45, 2.75) is 19.4 Å². The van der Waals surface area contributed by atoms with E-state index in [1.807, 2.05) is 42.5 Å². The maximum absolute atomic E-state index is 13.1. The van der Waals surface area contributed by atoms with Crippen LogP contribution in [0.15, 0.2) is 66.7 Å². The van der Waals surface area contributed by atoms with Gasteiger partial charge in [-0.05, 0) is 48.2 Å². The molecular formula is C26H24ClN3OS. The first-order valence-corrected chi connectivity index (χ1v) is 12.1. The highest BCUT2D eigenvalue weighted by molar-refractivity contribution is 7.19. The van der Waals surface area contributed by atoms with Crippen molar-refractivity contribution in [3.05, 3.63) is 87.8 Å². The molecule has 0 radical (unpaired) electrons. The summed E-state index contributed by atoms with van der Waals surface area (Å²) in [4.78, 5) is 21.3. The second kappa shape index (κ2) is 9.41. The number of pyridine rings is 1. The van der Waals surface area contributed by atoms with E-state index in [2.05, 4.69) is 34.5 Å². The fraction of sp³-hybridized carbons (Fsp3) is 0.231. The Morgan fingerprint density at radius 1 is 1.06 bits per heavy atom. The Hall–Kier alpha value is -2.73. The molecule has 4 nitrogen and oxygen atoms in total. The predicted octanol–water partition coefficient (Wildman–Crippen LogP) is 5.79. The van der Waals surface area contributed by atoms with Crippen LogP contribution in [-0.2, 0) is 13.0 Å². The van der Waals surface area contributed by atoms with Crippen molar-refractivity contribution < 1.29 is 4.79 Å². The van der Waals surface area contributed by atoms with Gasteiger partial charge >= 0.3 is 0 Å². The van der Waals surface area contributed by atoms with Crippen LogP contribution >= 0.6 is 22.9 Å². The third-order valence-electron chi connectivity index (χ3n) is 5.93. The van der Waals surface area contributed by atoms with Gasteiger partial charge in [0.15, 0.2) is 0 Å². The maximum Gasteiger partial charge on any atom is 0.252 e. The zero-order valence-corrected chi connectivity index (χ0v) is 19.3. The lowest BCUT2D eigenvalue weighted by molar-refractivity contribution is 0.0953. The number of carbonyl (C=O) groups is 1. The highest BCUT2D eigenvalue weighted by Gasteiger charge is 2.17. The Labute approximate surface area is 196 Å². The summed E-state index contributed by atoms with van der Waals surface area (Å²) < 4.78 is 0.710. The van der Waals surface area contributed by atoms with Crippen LogP contribution in [0.4, 0.5) is 0 Å². The number of nitrogens with one attached hydrogen (secondary N) is 1. The largest absolute Gasteiger partial charge is 0.352 e. The molecule has 32 heavy (non-hydrogen) atoms. The van der Waals surface area contributed by atoms with E-state index in [1.54, 1.807) is 0 Å². The first-order valence-electron chi connectivity index (χ1n) is 10.9. The molecule has 5 rings (SSSR count). The number of aromatic nitrogens is 1. The molecule has 162 valence electrons. The Morgan fingerprint density at radius 3 is 2.72 bits per heavy atom. The number of amides is 1. The molecule has 4 aromatic rings. The van der Waals surface area contributed by atoms with Crippen LogP contribution in [0, 0.1) is 0 Å². The Bertz CT molecular complexity index is 1270. The molecule has 0 spiro atoms. The number of para-hydroxylation sites is 1. The Balaban J connectivity index is 1.25. The van der Waals surface area contributed by atoms with E-state index in [1.165, 1.54) is 22.5 Å². The first kappa shape index (κ1) is 21.1. The number of carbonyl (C=O) groups excluding carboxylic acids is 1. The molecule has 0 atom stereocenters. The highest BCUT2D eigenvalue weighted by Crippen LogP contribution is 2.32. The zero-order chi connectivity index (χ0) is 21.9. The van der Waals surface area contributed by atoms with E-state index in [-0.39, 0.29) is 5.91 Å². The number of benzene rings is 2. The van der Waals surface area contributed by atoms with Crippen molar-refractivity contribution in [3.63, 3.8) is 0 Å². The lowest BCUT2D eigenvalue weighted by Gasteiger charge is -2.28. The monoisotopic (exact) mass is 461 g/mol. The fourth-order valence-corrected chi connectivity index (χ4v) is 5.29. The number of halogens is 1. The summed E-state index contributed by atoms with van der Waals surface area (Å²) in [5.74, 6) is -0.0588. The van der Waals surface area contributed by atoms with Gasteiger partial charge in [0, 0.05) is 31.6 Å². The third-order valence-corrected chi connectivity index (χ3v) is 7.19. The van der Waals surface area contributed by atoms with Gasteiger partial charge in [0.1, 0.15) is 0 Å². The summed E-state index contributed by atoms with van der Waals surface area (Å²) >= 11 is 7.58. The van der Waals surface area contributed by atoms with Crippen LogP contribution < -0.4 is 5.32 Å². The van der Waals surface area contributed by atoms with Crippen LogP contribution in [0.1, 0.15) is 27.9 Å². The summed E-state index contributed by atoms with van der Waals surface area (Å²) in [7, 11) is 0. The minimum Gasteiger partial charge on any atom is -0.352 e. The molecule has 0 bridgehead atoms. The number of fused-ring (bicyclic) bond motifs is 2. The van der Waals surface area contributed by atoms with Crippen LogP contribution in [0.5, 0.6) is 0 Å². The number of nitrogens with zero attached hydrogens (tertiary/aromatic N) is 2. The van der Waals surface area contributed by atoms with E-state index in [0.717, 1.165) is 53.9 Å². The van der Waals surface area contributed by atoms with Crippen LogP contribution in [0.2, 0.25) is 4.34 Å². The first-order chi connectivity index (χ1) is 15.7. The molecule has 1 aliphatic heterocycles. The topological polar surface area (TPSA) is 45.2 Å². The molecule has 2 aromatic carbocycles. The molecule has 1 N–H and O–H groups in total. The SMILES string of the molecule is O=C(NCCCN1CCc2ccccc2C1)c1cc(-c2ccc(Cl)s2)nc2ccccc12. The molecule has 1 aliphatic rings. The normalized spacial score (nSPS) is 13.8. The molecule has 2 aromatic heterocycles. The Kier molecular flexibility index (Phi) is 6.21. The molecule has 0 fully saturated rings. The molecule has 0 saturated heterocycles. The van der Waals surface area contributed by atoms with Gasteiger partial charge in [-0.3, -0.25) is 9.69 Å². The maximum atomic E-state index is 13.1. The molecule has 6 heteroatoms. The van der Waals surface area contributed by atoms with Crippen LogP contribution in [0.25, 0.3) is 21.5 Å². The van der Waals surface area contributed by atoms with Gasteiger partial charge in [0.05, 0.1) is 26.0 Å². The van der Waals surface area contributed by atoms with Gasteiger partial charge in [0.25, 0.3) is 5.91 Å². The summed E-state index contributed by atoms with van der Waals surface area (Å²) in [6.45, 7) is 3.69. The van der Waals surface area contributed by atoms with Crippen molar-refractivity contribution >= 4 is 39.7 Å². The molecule has 3 heterocycles. The minimum absolute atomic E-state index is 0.0588. The van der Waals surface area contributed by atoms with Gasteiger partial charge in [-0.2, -0.15) is 0 Å². The van der Waals surface area contributed by atoms with Gasteiger partial charge in [-0.1, -0.05) is 54.1 Å². The summed E-state index contributed by atoms with van der Waals surface area (Å²) in [6, 6.07) is 22.1. The van der Waals surface area contributed by atoms with E-state index in [4.69, 9.17) is 16.6 Å². The second-order valence-electron chi connectivity index (χ2n) is 8.08. The van der Waals surface area contributed by atoms with Crippen molar-refractivity contribution in [1.29, 1.82) is 0 Å². The third kappa shape index (κ3) is 4.56. The van der Waals surface area contributed by atoms with Gasteiger partial charge in [0.2, 0.25) is 0 Å². The van der Waals surface area contributed by atoms with E-state index < -0.39 is 0 Å². The van der Waals surface area contributed by atoms with Crippen molar-refractivity contribution in [2.24, 2.45) is 0 Å². The van der Waals surface area contributed by atoms with E-state index in [0.29, 0.717) is 16.4 Å². The highest BCUT2D eigenvalue weighted by atomic mass is 35.5. The summed E-state index contributed by atoms with van der Waals surface area (Å²) in [5, 5.41) is 3.98. The number of hydrogen-bond acceptors (Lipinski definition) is 4. The smallest absolute Gasteiger partial charge is 0.252 e. The standard InChI is InChI=1S/C26H24ClN3OS/c27-25-11-10-24(32-25)23-16-21(20-8-3-4-9-22(20)29-23)26(31)28-13-5-14-30-15-12-18-6-1-2-7-19(18)17-30/h1-4,6-11,16H,5,12-15,17H2,(H,28,31). The van der Waals surface area contributed by atoms with E-state index in [9.17, 15) is 4.79 Å². The fourth-order valence-electron chi connectivity index (χ4n) is 4.29. The second-order valence-corrected chi connectivity index (χ2v) is 9.80. The van der Waals surface area contributed by atoms with Crippen LogP contribution in [-0.4, -0.2) is 35.4 Å². The van der Waals surface area contributed by atoms with Crippen molar-refractivity contribution in [1.82, 2.24) is 15.2 Å². The average Bonchev–Trinajstić information content (AvgIpc) is 3.27. The average molecular weight is 462 g/mol. The predicted molar refractivity (Wildman–Crippen MR) is 132 cm³/mol. The summed E-state index contributed by atoms with van der Waals surface area (Å²) in [5.41, 5.74) is 5.13. The number of rotatable bonds is 6. The number of thiophene rings is 1. The van der Waals surface area contributed by atoms with Gasteiger partial charge < -0.3 is 5.32 Å². The molecular weight excluding hydrogens is 438 g/mol. The minimum atomic E-state index is -0.0588. The van der Waals surface area contributed by atoms with E-state index >= 15 is 0 Å². The summed E-state index contributed by atoms with van der Waals surface area (Å²) in [6.07, 6.45) is 2.02. The van der Waals surface area contributed by atoms with Gasteiger partial charge in [-0.15, -0.1) is 11.3 Å². The van der Waals surface area contributed by atoms with Crippen LogP contribution in [0.3, 0.4) is 0 Å². The van der Waals surface area contributed by atoms with Crippen molar-refractivity contribution in [2.75, 3.05) is 19.6 Å². The molecule has 0 saturated carbocycles. The number of hydrogen-bond donors (Lipinski definition) is 1. The van der Waals surface area contributed by atoms with Crippen molar-refractivity contribution in [3.8, 4) is 10.6 Å². The lowest BCUT2D eigenvalue weighted by Crippen LogP contribution is -2.33. The zero-order valence-electron chi connectivity index (χ0n) is 17.7. The lowest BCUT2D eigenvalue weighted by atomic mass is 10.00. The van der Waals surface area contributed by atoms with Gasteiger partial charge in [-0.25, -0.2) is 4.98 Å². The quantitative estimate of drug-likeness (QED) is 0.369. The molecule has 0 unspecified atom stereocenters.